The average molecular weight is 433 g/mol. The molecule has 1 aliphatic heterocycles. The van der Waals surface area contributed by atoms with Crippen molar-refractivity contribution in [2.45, 2.75) is 67.0 Å². The molecule has 2 heterocycles. The summed E-state index contributed by atoms with van der Waals surface area (Å²) in [4.78, 5) is 43.3. The zero-order valence-corrected chi connectivity index (χ0v) is 20.1. The molecule has 1 aliphatic rings. The van der Waals surface area contributed by atoms with Crippen LogP contribution in [0.4, 0.5) is 0 Å². The monoisotopic (exact) mass is 432 g/mol. The lowest BCUT2D eigenvalue weighted by Gasteiger charge is -2.26. The van der Waals surface area contributed by atoms with E-state index in [-0.39, 0.29) is 23.0 Å². The van der Waals surface area contributed by atoms with Gasteiger partial charge in [0.05, 0.1) is 0 Å². The van der Waals surface area contributed by atoms with Crippen LogP contribution >= 0.6 is 0 Å². The van der Waals surface area contributed by atoms with Gasteiger partial charge < -0.3 is 14.8 Å². The molecule has 0 spiro atoms. The summed E-state index contributed by atoms with van der Waals surface area (Å²) < 4.78 is 1.83. The molecule has 174 valence electrons. The van der Waals surface area contributed by atoms with E-state index in [9.17, 15) is 14.4 Å². The van der Waals surface area contributed by atoms with Crippen molar-refractivity contribution in [3.8, 4) is 0 Å². The fraction of sp³-hybridized carbons (Fsp3) is 0.708. The Hall–Kier alpha value is -2.15. The minimum atomic E-state index is -0.474. The number of likely N-dealkylation sites (N-methyl/N-ethyl adjacent to an activating group) is 1. The Morgan fingerprint density at radius 2 is 1.74 bits per heavy atom. The second kappa shape index (κ2) is 11.5. The summed E-state index contributed by atoms with van der Waals surface area (Å²) in [6.45, 7) is 16.8. The van der Waals surface area contributed by atoms with E-state index in [0.717, 1.165) is 25.9 Å². The predicted octanol–water partition coefficient (Wildman–Crippen LogP) is 2.84. The Balaban J connectivity index is 2.32. The molecule has 2 rings (SSSR count). The first-order chi connectivity index (χ1) is 14.7. The van der Waals surface area contributed by atoms with Gasteiger partial charge in [0.25, 0.3) is 11.8 Å². The van der Waals surface area contributed by atoms with Crippen LogP contribution in [-0.2, 0) is 6.54 Å². The number of pyridine rings is 1. The van der Waals surface area contributed by atoms with Gasteiger partial charge in [-0.2, -0.15) is 0 Å². The summed E-state index contributed by atoms with van der Waals surface area (Å²) in [5, 5.41) is 2.82. The van der Waals surface area contributed by atoms with Crippen LogP contribution < -0.4 is 10.7 Å². The Bertz CT molecular complexity index is 812. The Labute approximate surface area is 186 Å². The highest BCUT2D eigenvalue weighted by Gasteiger charge is 2.31. The highest BCUT2D eigenvalue weighted by molar-refractivity contribution is 5.99. The van der Waals surface area contributed by atoms with Crippen molar-refractivity contribution in [3.63, 3.8) is 0 Å². The lowest BCUT2D eigenvalue weighted by molar-refractivity contribution is 0.0775. The number of aromatic nitrogens is 1. The number of hydrogen-bond donors (Lipinski definition) is 1. The molecule has 0 bridgehead atoms. The van der Waals surface area contributed by atoms with Gasteiger partial charge in [-0.1, -0.05) is 41.5 Å². The van der Waals surface area contributed by atoms with Crippen LogP contribution in [0.2, 0.25) is 0 Å². The normalized spacial score (nSPS) is 16.5. The predicted molar refractivity (Wildman–Crippen MR) is 125 cm³/mol. The molecule has 1 saturated heterocycles. The number of amides is 2. The summed E-state index contributed by atoms with van der Waals surface area (Å²) in [5.74, 6) is 0.0781. The quantitative estimate of drug-likeness (QED) is 0.617. The zero-order chi connectivity index (χ0) is 23.1. The van der Waals surface area contributed by atoms with Crippen LogP contribution in [0, 0.1) is 11.8 Å². The van der Waals surface area contributed by atoms with E-state index in [1.165, 1.54) is 0 Å². The number of carbonyl (C=O) groups is 2. The molecule has 1 aromatic rings. The molecule has 1 N–H and O–H groups in total. The molecule has 1 atom stereocenters. The molecular weight excluding hydrogens is 392 g/mol. The minimum Gasteiger partial charge on any atom is -0.352 e. The molecule has 7 heteroatoms. The molecule has 0 radical (unpaired) electrons. The molecule has 1 aromatic heterocycles. The molecule has 1 unspecified atom stereocenters. The lowest BCUT2D eigenvalue weighted by Crippen LogP contribution is -2.40. The fourth-order valence-electron chi connectivity index (χ4n) is 4.01. The van der Waals surface area contributed by atoms with Gasteiger partial charge in [0.15, 0.2) is 0 Å². The Kier molecular flexibility index (Phi) is 9.29. The van der Waals surface area contributed by atoms with Gasteiger partial charge in [-0.05, 0) is 37.8 Å². The van der Waals surface area contributed by atoms with Gasteiger partial charge in [-0.15, -0.1) is 0 Å². The van der Waals surface area contributed by atoms with E-state index >= 15 is 0 Å². The molecule has 31 heavy (non-hydrogen) atoms. The number of nitrogens with zero attached hydrogens (tertiary/aromatic N) is 3. The third kappa shape index (κ3) is 6.66. The summed E-state index contributed by atoms with van der Waals surface area (Å²) in [6, 6.07) is 0.319. The summed E-state index contributed by atoms with van der Waals surface area (Å²) in [5.41, 5.74) is -0.325. The molecule has 2 amide bonds. The maximum absolute atomic E-state index is 13.3. The largest absolute Gasteiger partial charge is 0.352 e. The first-order valence-electron chi connectivity index (χ1n) is 11.7. The number of hydrogen-bond acceptors (Lipinski definition) is 4. The van der Waals surface area contributed by atoms with Crippen molar-refractivity contribution in [1.82, 2.24) is 19.7 Å². The zero-order valence-electron chi connectivity index (χ0n) is 20.1. The van der Waals surface area contributed by atoms with E-state index in [2.05, 4.69) is 37.9 Å². The van der Waals surface area contributed by atoms with Crippen molar-refractivity contribution in [2.75, 3.05) is 32.7 Å². The fourth-order valence-corrected chi connectivity index (χ4v) is 4.01. The minimum absolute atomic E-state index is 0.0507. The van der Waals surface area contributed by atoms with Gasteiger partial charge >= 0.3 is 0 Å². The Morgan fingerprint density at radius 3 is 2.32 bits per heavy atom. The summed E-state index contributed by atoms with van der Waals surface area (Å²) in [7, 11) is 0. The smallest absolute Gasteiger partial charge is 0.259 e. The highest BCUT2D eigenvalue weighted by Crippen LogP contribution is 2.18. The second-order valence-electron chi connectivity index (χ2n) is 9.35. The number of nitrogens with one attached hydrogen (secondary N) is 1. The third-order valence-corrected chi connectivity index (χ3v) is 5.97. The van der Waals surface area contributed by atoms with Crippen molar-refractivity contribution in [2.24, 2.45) is 11.8 Å². The summed E-state index contributed by atoms with van der Waals surface area (Å²) >= 11 is 0. The van der Waals surface area contributed by atoms with E-state index in [0.29, 0.717) is 38.1 Å². The molecular formula is C24H40N4O3. The van der Waals surface area contributed by atoms with Gasteiger partial charge in [0, 0.05) is 44.6 Å². The van der Waals surface area contributed by atoms with Crippen LogP contribution in [-0.4, -0.2) is 64.9 Å². The van der Waals surface area contributed by atoms with Crippen LogP contribution in [0.25, 0.3) is 0 Å². The van der Waals surface area contributed by atoms with E-state index in [4.69, 9.17) is 0 Å². The summed E-state index contributed by atoms with van der Waals surface area (Å²) in [6.07, 6.45) is 5.04. The van der Waals surface area contributed by atoms with Crippen LogP contribution in [0.5, 0.6) is 0 Å². The maximum atomic E-state index is 13.3. The molecule has 7 nitrogen and oxygen atoms in total. The van der Waals surface area contributed by atoms with Crippen LogP contribution in [0.1, 0.15) is 75.1 Å². The number of rotatable bonds is 10. The van der Waals surface area contributed by atoms with Crippen molar-refractivity contribution < 1.29 is 9.59 Å². The standard InChI is InChI=1S/C24H40N4O3/c1-7-27(8-2)19-10-12-28(14-19)24(31)21-16-26(11-9-17(3)4)15-20(22(21)29)23(30)25-13-18(5)6/h15-19H,7-14H2,1-6H3,(H,25,30). The van der Waals surface area contributed by atoms with E-state index in [1.807, 2.05) is 18.4 Å². The van der Waals surface area contributed by atoms with Gasteiger partial charge in [0.1, 0.15) is 11.1 Å². The highest BCUT2D eigenvalue weighted by atomic mass is 16.2. The SMILES string of the molecule is CCN(CC)C1CCN(C(=O)c2cn(CCC(C)C)cc(C(=O)NCC(C)C)c2=O)C1. The Morgan fingerprint density at radius 1 is 1.10 bits per heavy atom. The molecule has 0 saturated carbocycles. The van der Waals surface area contributed by atoms with Gasteiger partial charge in [0.2, 0.25) is 5.43 Å². The van der Waals surface area contributed by atoms with E-state index in [1.54, 1.807) is 17.3 Å². The second-order valence-corrected chi connectivity index (χ2v) is 9.35. The van der Waals surface area contributed by atoms with Crippen molar-refractivity contribution in [1.29, 1.82) is 0 Å². The topological polar surface area (TPSA) is 74.7 Å². The van der Waals surface area contributed by atoms with E-state index < -0.39 is 11.3 Å². The lowest BCUT2D eigenvalue weighted by atomic mass is 10.1. The molecule has 1 fully saturated rings. The van der Waals surface area contributed by atoms with Crippen molar-refractivity contribution in [3.05, 3.63) is 33.7 Å². The number of likely N-dealkylation sites (tertiary alicyclic amines) is 1. The first-order valence-corrected chi connectivity index (χ1v) is 11.7. The van der Waals surface area contributed by atoms with Crippen molar-refractivity contribution >= 4 is 11.8 Å². The maximum Gasteiger partial charge on any atom is 0.259 e. The van der Waals surface area contributed by atoms with Gasteiger partial charge in [-0.3, -0.25) is 19.3 Å². The average Bonchev–Trinajstić information content (AvgIpc) is 3.21. The molecule has 0 aromatic carbocycles. The number of carbonyl (C=O) groups excluding carboxylic acids is 2. The third-order valence-electron chi connectivity index (χ3n) is 5.97. The van der Waals surface area contributed by atoms with Crippen LogP contribution in [0.15, 0.2) is 17.2 Å². The first kappa shape index (κ1) is 25.1. The van der Waals surface area contributed by atoms with Crippen LogP contribution in [0.3, 0.4) is 0 Å². The number of aryl methyl sites for hydroxylation is 1. The van der Waals surface area contributed by atoms with Gasteiger partial charge in [-0.25, -0.2) is 0 Å². The molecule has 0 aliphatic carbocycles.